The summed E-state index contributed by atoms with van der Waals surface area (Å²) in [5, 5.41) is 4.00. The smallest absolute Gasteiger partial charge is 0.127 e. The van der Waals surface area contributed by atoms with Gasteiger partial charge in [0, 0.05) is 15.8 Å². The van der Waals surface area contributed by atoms with Crippen molar-refractivity contribution in [2.24, 2.45) is 0 Å². The largest absolute Gasteiger partial charge is 0.313 e. The summed E-state index contributed by atoms with van der Waals surface area (Å²) in [5.41, 5.74) is 0.754. The van der Waals surface area contributed by atoms with E-state index in [1.54, 1.807) is 6.07 Å². The van der Waals surface area contributed by atoms with Crippen molar-refractivity contribution in [2.45, 2.75) is 43.9 Å². The van der Waals surface area contributed by atoms with Gasteiger partial charge in [-0.2, -0.15) is 11.8 Å². The van der Waals surface area contributed by atoms with Crippen molar-refractivity contribution in [1.82, 2.24) is 5.32 Å². The highest BCUT2D eigenvalue weighted by Crippen LogP contribution is 2.41. The molecule has 2 atom stereocenters. The second-order valence-electron chi connectivity index (χ2n) is 5.31. The molecular weight excluding hydrogens is 281 g/mol. The van der Waals surface area contributed by atoms with Crippen molar-refractivity contribution in [3.8, 4) is 0 Å². The van der Waals surface area contributed by atoms with Gasteiger partial charge in [-0.3, -0.25) is 0 Å². The molecule has 1 nitrogen and oxygen atoms in total. The molecular formula is C15H21ClFNS. The van der Waals surface area contributed by atoms with Crippen molar-refractivity contribution in [2.75, 3.05) is 12.3 Å². The topological polar surface area (TPSA) is 12.0 Å². The van der Waals surface area contributed by atoms with Crippen molar-refractivity contribution >= 4 is 23.4 Å². The molecule has 0 amide bonds. The van der Waals surface area contributed by atoms with Gasteiger partial charge in [-0.05, 0) is 56.2 Å². The summed E-state index contributed by atoms with van der Waals surface area (Å²) >= 11 is 7.82. The lowest BCUT2D eigenvalue weighted by Gasteiger charge is -2.34. The first-order valence-electron chi connectivity index (χ1n) is 6.86. The summed E-state index contributed by atoms with van der Waals surface area (Å²) in [5.74, 6) is 1.02. The van der Waals surface area contributed by atoms with Crippen LogP contribution in [0.1, 0.15) is 32.3 Å². The lowest BCUT2D eigenvalue weighted by molar-refractivity contribution is 0.401. The Balaban J connectivity index is 2.16. The Morgan fingerprint density at radius 3 is 2.89 bits per heavy atom. The van der Waals surface area contributed by atoms with Crippen LogP contribution in [0, 0.1) is 5.82 Å². The molecule has 1 aliphatic rings. The third kappa shape index (κ3) is 3.65. The lowest BCUT2D eigenvalue weighted by Crippen LogP contribution is -2.46. The molecule has 0 aliphatic carbocycles. The summed E-state index contributed by atoms with van der Waals surface area (Å²) in [6.45, 7) is 5.32. The summed E-state index contributed by atoms with van der Waals surface area (Å²) in [4.78, 5) is 0. The second-order valence-corrected chi connectivity index (χ2v) is 7.38. The third-order valence-corrected chi connectivity index (χ3v) is 5.75. The van der Waals surface area contributed by atoms with E-state index in [-0.39, 0.29) is 10.6 Å². The minimum atomic E-state index is -0.193. The van der Waals surface area contributed by atoms with Crippen molar-refractivity contribution in [1.29, 1.82) is 0 Å². The van der Waals surface area contributed by atoms with E-state index >= 15 is 0 Å². The van der Waals surface area contributed by atoms with Gasteiger partial charge in [-0.15, -0.1) is 0 Å². The van der Waals surface area contributed by atoms with Crippen LogP contribution in [0.4, 0.5) is 4.39 Å². The Labute approximate surface area is 124 Å². The first-order valence-corrected chi connectivity index (χ1v) is 8.23. The number of likely N-dealkylation sites (N-methyl/N-ethyl adjacent to an activating group) is 1. The highest BCUT2D eigenvalue weighted by atomic mass is 35.5. The molecule has 1 aliphatic heterocycles. The maximum atomic E-state index is 13.9. The van der Waals surface area contributed by atoms with Crippen LogP contribution >= 0.6 is 23.4 Å². The van der Waals surface area contributed by atoms with Crippen LogP contribution in [-0.2, 0) is 6.42 Å². The monoisotopic (exact) mass is 301 g/mol. The number of nitrogens with one attached hydrogen (secondary N) is 1. The second kappa shape index (κ2) is 6.47. The summed E-state index contributed by atoms with van der Waals surface area (Å²) in [6.07, 6.45) is 3.18. The number of hydrogen-bond donors (Lipinski definition) is 1. The van der Waals surface area contributed by atoms with Crippen LogP contribution < -0.4 is 5.32 Å². The van der Waals surface area contributed by atoms with E-state index < -0.39 is 0 Å². The highest BCUT2D eigenvalue weighted by Gasteiger charge is 2.37. The van der Waals surface area contributed by atoms with Crippen LogP contribution in [0.15, 0.2) is 18.2 Å². The molecule has 19 heavy (non-hydrogen) atoms. The maximum absolute atomic E-state index is 13.9. The number of thioether (sulfide) groups is 1. The molecule has 1 fully saturated rings. The van der Waals surface area contributed by atoms with Gasteiger partial charge in [0.05, 0.1) is 0 Å². The van der Waals surface area contributed by atoms with E-state index in [2.05, 4.69) is 19.2 Å². The quantitative estimate of drug-likeness (QED) is 0.871. The normalized spacial score (nSPS) is 24.6. The Morgan fingerprint density at radius 1 is 1.53 bits per heavy atom. The fraction of sp³-hybridized carbons (Fsp3) is 0.600. The number of benzene rings is 1. The summed E-state index contributed by atoms with van der Waals surface area (Å²) in [7, 11) is 0. The van der Waals surface area contributed by atoms with Gasteiger partial charge >= 0.3 is 0 Å². The average Bonchev–Trinajstić information content (AvgIpc) is 2.80. The van der Waals surface area contributed by atoms with Crippen LogP contribution in [0.25, 0.3) is 0 Å². The van der Waals surface area contributed by atoms with Crippen LogP contribution in [-0.4, -0.2) is 23.1 Å². The Hall–Kier alpha value is -0.250. The van der Waals surface area contributed by atoms with Gasteiger partial charge in [-0.1, -0.05) is 24.6 Å². The van der Waals surface area contributed by atoms with E-state index in [9.17, 15) is 4.39 Å². The molecule has 1 aromatic carbocycles. The van der Waals surface area contributed by atoms with Gasteiger partial charge in [0.25, 0.3) is 0 Å². The molecule has 1 N–H and O–H groups in total. The summed E-state index contributed by atoms with van der Waals surface area (Å²) in [6, 6.07) is 5.29. The first kappa shape index (κ1) is 15.1. The molecule has 0 radical (unpaired) electrons. The molecule has 4 heteroatoms. The molecule has 1 heterocycles. The fourth-order valence-corrected chi connectivity index (χ4v) is 4.30. The first-order chi connectivity index (χ1) is 9.05. The van der Waals surface area contributed by atoms with Gasteiger partial charge < -0.3 is 5.32 Å². The average molecular weight is 302 g/mol. The van der Waals surface area contributed by atoms with Crippen molar-refractivity contribution in [3.05, 3.63) is 34.6 Å². The SMILES string of the molecule is CCNC(Cc1ccc(Cl)cc1F)C1(C)CCCS1. The minimum absolute atomic E-state index is 0.193. The number of rotatable bonds is 5. The molecule has 106 valence electrons. The van der Waals surface area contributed by atoms with E-state index in [1.165, 1.54) is 24.7 Å². The molecule has 0 saturated carbocycles. The van der Waals surface area contributed by atoms with E-state index in [0.717, 1.165) is 18.5 Å². The molecule has 0 spiro atoms. The standard InChI is InChI=1S/C15H21ClFNS/c1-3-18-14(15(2)7-4-8-19-15)9-11-5-6-12(16)10-13(11)17/h5-6,10,14,18H,3-4,7-9H2,1-2H3. The van der Waals surface area contributed by atoms with Crippen molar-refractivity contribution < 1.29 is 4.39 Å². The zero-order chi connectivity index (χ0) is 13.9. The minimum Gasteiger partial charge on any atom is -0.313 e. The van der Waals surface area contributed by atoms with Gasteiger partial charge in [-0.25, -0.2) is 4.39 Å². The third-order valence-electron chi connectivity index (χ3n) is 3.88. The fourth-order valence-electron chi connectivity index (χ4n) is 2.73. The maximum Gasteiger partial charge on any atom is 0.127 e. The van der Waals surface area contributed by atoms with Crippen molar-refractivity contribution in [3.63, 3.8) is 0 Å². The molecule has 0 bridgehead atoms. The van der Waals surface area contributed by atoms with Crippen LogP contribution in [0.3, 0.4) is 0 Å². The van der Waals surface area contributed by atoms with Gasteiger partial charge in [0.1, 0.15) is 5.82 Å². The molecule has 1 aromatic rings. The molecule has 2 unspecified atom stereocenters. The number of hydrogen-bond acceptors (Lipinski definition) is 2. The zero-order valence-corrected chi connectivity index (χ0v) is 13.1. The Morgan fingerprint density at radius 2 is 2.32 bits per heavy atom. The van der Waals surface area contributed by atoms with Crippen LogP contribution in [0.2, 0.25) is 5.02 Å². The molecule has 2 rings (SSSR count). The van der Waals surface area contributed by atoms with E-state index in [1.807, 2.05) is 17.8 Å². The molecule has 1 saturated heterocycles. The summed E-state index contributed by atoms with van der Waals surface area (Å²) < 4.78 is 14.2. The van der Waals surface area contributed by atoms with E-state index in [0.29, 0.717) is 11.1 Å². The van der Waals surface area contributed by atoms with Gasteiger partial charge in [0.2, 0.25) is 0 Å². The predicted molar refractivity (Wildman–Crippen MR) is 82.7 cm³/mol. The Kier molecular flexibility index (Phi) is 5.15. The lowest BCUT2D eigenvalue weighted by atomic mass is 9.90. The zero-order valence-electron chi connectivity index (χ0n) is 11.5. The van der Waals surface area contributed by atoms with Gasteiger partial charge in [0.15, 0.2) is 0 Å². The molecule has 0 aromatic heterocycles. The van der Waals surface area contributed by atoms with Crippen LogP contribution in [0.5, 0.6) is 0 Å². The Bertz CT molecular complexity index is 432. The number of halogens is 2. The van der Waals surface area contributed by atoms with E-state index in [4.69, 9.17) is 11.6 Å². The predicted octanol–water partition coefficient (Wildman–Crippen LogP) is 4.29. The highest BCUT2D eigenvalue weighted by molar-refractivity contribution is 8.00.